The van der Waals surface area contributed by atoms with Crippen molar-refractivity contribution >= 4 is 21.8 Å². The number of nitrogens with one attached hydrogen (secondary N) is 1. The Labute approximate surface area is 135 Å². The van der Waals surface area contributed by atoms with Crippen molar-refractivity contribution in [3.63, 3.8) is 0 Å². The number of ether oxygens (including phenoxy) is 1. The van der Waals surface area contributed by atoms with E-state index in [1.54, 1.807) is 13.2 Å². The highest BCUT2D eigenvalue weighted by Gasteiger charge is 2.17. The zero-order valence-electron chi connectivity index (χ0n) is 12.7. The second-order valence-electron chi connectivity index (χ2n) is 5.64. The molecule has 0 spiro atoms. The lowest BCUT2D eigenvalue weighted by atomic mass is 9.94. The average Bonchev–Trinajstić information content (AvgIpc) is 2.49. The maximum absolute atomic E-state index is 12.2. The molecule has 0 radical (unpaired) electrons. The van der Waals surface area contributed by atoms with Gasteiger partial charge in [0, 0.05) is 11.0 Å². The van der Waals surface area contributed by atoms with Gasteiger partial charge in [-0.1, -0.05) is 0 Å². The standard InChI is InChI=1S/C16H23BrN2O2/c1-19-9-6-12(7-10-19)5-8-18-16(20)14-11-13(21-2)3-4-15(14)17/h3-4,11-12H,5-10H2,1-2H3,(H,18,20). The van der Waals surface area contributed by atoms with Gasteiger partial charge in [0.05, 0.1) is 12.7 Å². The van der Waals surface area contributed by atoms with Crippen molar-refractivity contribution in [3.05, 3.63) is 28.2 Å². The molecule has 116 valence electrons. The number of likely N-dealkylation sites (tertiary alicyclic amines) is 1. The van der Waals surface area contributed by atoms with Crippen LogP contribution < -0.4 is 10.1 Å². The van der Waals surface area contributed by atoms with Gasteiger partial charge >= 0.3 is 0 Å². The molecule has 0 unspecified atom stereocenters. The minimum absolute atomic E-state index is 0.0475. The first-order chi connectivity index (χ1) is 10.1. The summed E-state index contributed by atoms with van der Waals surface area (Å²) in [5.41, 5.74) is 0.623. The normalized spacial score (nSPS) is 16.7. The van der Waals surface area contributed by atoms with E-state index in [9.17, 15) is 4.79 Å². The molecule has 0 bridgehead atoms. The number of halogens is 1. The van der Waals surface area contributed by atoms with Gasteiger partial charge in [-0.2, -0.15) is 0 Å². The van der Waals surface area contributed by atoms with E-state index in [-0.39, 0.29) is 5.91 Å². The van der Waals surface area contributed by atoms with Crippen LogP contribution in [0.15, 0.2) is 22.7 Å². The van der Waals surface area contributed by atoms with E-state index in [1.165, 1.54) is 25.9 Å². The molecule has 1 aliphatic heterocycles. The van der Waals surface area contributed by atoms with E-state index in [2.05, 4.69) is 33.2 Å². The molecule has 1 amide bonds. The Bertz CT molecular complexity index is 485. The maximum Gasteiger partial charge on any atom is 0.252 e. The van der Waals surface area contributed by atoms with Gasteiger partial charge in [-0.05, 0) is 79.4 Å². The highest BCUT2D eigenvalue weighted by Crippen LogP contribution is 2.23. The summed E-state index contributed by atoms with van der Waals surface area (Å²) in [5, 5.41) is 3.01. The number of nitrogens with zero attached hydrogens (tertiary/aromatic N) is 1. The molecule has 0 aromatic heterocycles. The Hall–Kier alpha value is -1.07. The fraction of sp³-hybridized carbons (Fsp3) is 0.562. The third kappa shape index (κ3) is 4.71. The summed E-state index contributed by atoms with van der Waals surface area (Å²) in [6.45, 7) is 3.07. The first-order valence-corrected chi connectivity index (χ1v) is 8.19. The first kappa shape index (κ1) is 16.3. The van der Waals surface area contributed by atoms with E-state index >= 15 is 0 Å². The van der Waals surface area contributed by atoms with E-state index in [1.807, 2.05) is 12.1 Å². The number of methoxy groups -OCH3 is 1. The van der Waals surface area contributed by atoms with E-state index in [0.717, 1.165) is 23.4 Å². The van der Waals surface area contributed by atoms with Crippen LogP contribution in [0.1, 0.15) is 29.6 Å². The quantitative estimate of drug-likeness (QED) is 0.883. The van der Waals surface area contributed by atoms with E-state index in [4.69, 9.17) is 4.74 Å². The number of carbonyl (C=O) groups is 1. The monoisotopic (exact) mass is 354 g/mol. The molecule has 1 heterocycles. The molecule has 0 saturated carbocycles. The third-order valence-electron chi connectivity index (χ3n) is 4.09. The van der Waals surface area contributed by atoms with E-state index in [0.29, 0.717) is 11.3 Å². The SMILES string of the molecule is COc1ccc(Br)c(C(=O)NCCC2CCN(C)CC2)c1. The molecule has 1 aliphatic rings. The topological polar surface area (TPSA) is 41.6 Å². The van der Waals surface area contributed by atoms with Gasteiger partial charge in [0.25, 0.3) is 5.91 Å². The fourth-order valence-electron chi connectivity index (χ4n) is 2.64. The number of hydrogen-bond acceptors (Lipinski definition) is 3. The van der Waals surface area contributed by atoms with Gasteiger partial charge < -0.3 is 15.0 Å². The Morgan fingerprint density at radius 3 is 2.81 bits per heavy atom. The van der Waals surface area contributed by atoms with Crippen LogP contribution in [0, 0.1) is 5.92 Å². The Kier molecular flexibility index (Phi) is 6.06. The highest BCUT2D eigenvalue weighted by atomic mass is 79.9. The maximum atomic E-state index is 12.2. The molecular formula is C16H23BrN2O2. The molecule has 0 atom stereocenters. The van der Waals surface area contributed by atoms with Crippen LogP contribution >= 0.6 is 15.9 Å². The van der Waals surface area contributed by atoms with Crippen molar-refractivity contribution in [2.45, 2.75) is 19.3 Å². The summed E-state index contributed by atoms with van der Waals surface area (Å²) >= 11 is 3.41. The number of carbonyl (C=O) groups excluding carboxylic acids is 1. The Morgan fingerprint density at radius 2 is 2.14 bits per heavy atom. The van der Waals surface area contributed by atoms with Crippen LogP contribution in [0.2, 0.25) is 0 Å². The fourth-order valence-corrected chi connectivity index (χ4v) is 3.07. The van der Waals surface area contributed by atoms with Crippen molar-refractivity contribution < 1.29 is 9.53 Å². The lowest BCUT2D eigenvalue weighted by molar-refractivity contribution is 0.0948. The van der Waals surface area contributed by atoms with Gasteiger partial charge in [-0.3, -0.25) is 4.79 Å². The molecule has 1 aromatic carbocycles. The van der Waals surface area contributed by atoms with Crippen molar-refractivity contribution in [1.29, 1.82) is 0 Å². The Balaban J connectivity index is 1.82. The summed E-state index contributed by atoms with van der Waals surface area (Å²) in [5.74, 6) is 1.38. The summed E-state index contributed by atoms with van der Waals surface area (Å²) < 4.78 is 5.96. The minimum Gasteiger partial charge on any atom is -0.497 e. The summed E-state index contributed by atoms with van der Waals surface area (Å²) in [6.07, 6.45) is 3.52. The van der Waals surface area contributed by atoms with Crippen LogP contribution in [-0.4, -0.2) is 44.6 Å². The van der Waals surface area contributed by atoms with Gasteiger partial charge in [0.1, 0.15) is 5.75 Å². The van der Waals surface area contributed by atoms with Crippen LogP contribution in [0.4, 0.5) is 0 Å². The largest absolute Gasteiger partial charge is 0.497 e. The summed E-state index contributed by atoms with van der Waals surface area (Å²) in [4.78, 5) is 14.6. The molecule has 21 heavy (non-hydrogen) atoms. The molecule has 1 fully saturated rings. The zero-order chi connectivity index (χ0) is 15.2. The number of benzene rings is 1. The molecule has 1 aromatic rings. The smallest absolute Gasteiger partial charge is 0.252 e. The third-order valence-corrected chi connectivity index (χ3v) is 4.79. The van der Waals surface area contributed by atoms with Crippen LogP contribution in [-0.2, 0) is 0 Å². The molecule has 0 aliphatic carbocycles. The first-order valence-electron chi connectivity index (χ1n) is 7.40. The lowest BCUT2D eigenvalue weighted by Gasteiger charge is -2.28. The van der Waals surface area contributed by atoms with Crippen molar-refractivity contribution in [2.24, 2.45) is 5.92 Å². The summed E-state index contributed by atoms with van der Waals surface area (Å²) in [6, 6.07) is 5.43. The number of piperidine rings is 1. The molecule has 5 heteroatoms. The number of hydrogen-bond donors (Lipinski definition) is 1. The van der Waals surface area contributed by atoms with Crippen molar-refractivity contribution in [1.82, 2.24) is 10.2 Å². The lowest BCUT2D eigenvalue weighted by Crippen LogP contribution is -2.32. The second kappa shape index (κ2) is 7.80. The van der Waals surface area contributed by atoms with E-state index < -0.39 is 0 Å². The van der Waals surface area contributed by atoms with Gasteiger partial charge in [0.15, 0.2) is 0 Å². The molecule has 2 rings (SSSR count). The molecular weight excluding hydrogens is 332 g/mol. The van der Waals surface area contributed by atoms with Crippen LogP contribution in [0.5, 0.6) is 5.75 Å². The molecule has 1 N–H and O–H groups in total. The average molecular weight is 355 g/mol. The van der Waals surface area contributed by atoms with Gasteiger partial charge in [-0.15, -0.1) is 0 Å². The Morgan fingerprint density at radius 1 is 1.43 bits per heavy atom. The number of amides is 1. The second-order valence-corrected chi connectivity index (χ2v) is 6.49. The molecule has 4 nitrogen and oxygen atoms in total. The van der Waals surface area contributed by atoms with Crippen LogP contribution in [0.3, 0.4) is 0 Å². The van der Waals surface area contributed by atoms with Crippen molar-refractivity contribution in [2.75, 3.05) is 33.8 Å². The zero-order valence-corrected chi connectivity index (χ0v) is 14.3. The van der Waals surface area contributed by atoms with Gasteiger partial charge in [0.2, 0.25) is 0 Å². The number of rotatable bonds is 5. The van der Waals surface area contributed by atoms with Crippen LogP contribution in [0.25, 0.3) is 0 Å². The minimum atomic E-state index is -0.0475. The summed E-state index contributed by atoms with van der Waals surface area (Å²) in [7, 11) is 3.77. The molecule has 1 saturated heterocycles. The highest BCUT2D eigenvalue weighted by molar-refractivity contribution is 9.10. The van der Waals surface area contributed by atoms with Crippen molar-refractivity contribution in [3.8, 4) is 5.75 Å². The predicted octanol–water partition coefficient (Wildman–Crippen LogP) is 2.92. The van der Waals surface area contributed by atoms with Gasteiger partial charge in [-0.25, -0.2) is 0 Å². The predicted molar refractivity (Wildman–Crippen MR) is 87.9 cm³/mol.